The monoisotopic (exact) mass is 364 g/mol. The van der Waals surface area contributed by atoms with Crippen molar-refractivity contribution in [1.82, 2.24) is 4.90 Å². The Labute approximate surface area is 163 Å². The normalized spacial score (nSPS) is 17.7. The van der Waals surface area contributed by atoms with Crippen LogP contribution in [0.5, 0.6) is 0 Å². The summed E-state index contributed by atoms with van der Waals surface area (Å²) in [5.41, 5.74) is 0. The lowest BCUT2D eigenvalue weighted by atomic mass is 10.1. The first-order chi connectivity index (χ1) is 12.9. The van der Waals surface area contributed by atoms with Crippen molar-refractivity contribution in [1.29, 1.82) is 0 Å². The molecule has 152 valence electrons. The highest BCUT2D eigenvalue weighted by Gasteiger charge is 2.19. The van der Waals surface area contributed by atoms with Crippen molar-refractivity contribution in [3.8, 4) is 0 Å². The number of β-amino-alcohol motifs (C(OH)–C–C–N with tert-alkyl or cyclic N) is 1. The maximum absolute atomic E-state index is 9.05. The summed E-state index contributed by atoms with van der Waals surface area (Å²) in [7, 11) is 0. The first-order valence-electron chi connectivity index (χ1n) is 11.4. The number of unbranched alkanes of at least 4 members (excludes halogenated alkanes) is 12. The van der Waals surface area contributed by atoms with Gasteiger partial charge in [0.05, 0.1) is 6.61 Å². The molecule has 0 aliphatic carbocycles. The Kier molecular flexibility index (Phi) is 15.9. The highest BCUT2D eigenvalue weighted by molar-refractivity contribution is 5.62. The van der Waals surface area contributed by atoms with Crippen LogP contribution in [0.4, 0.5) is 0 Å². The molecule has 0 amide bonds. The van der Waals surface area contributed by atoms with Crippen molar-refractivity contribution in [2.24, 2.45) is 4.99 Å². The highest BCUT2D eigenvalue weighted by atomic mass is 16.3. The average Bonchev–Trinajstić information content (AvgIpc) is 3.09. The third-order valence-corrected chi connectivity index (χ3v) is 5.38. The molecule has 0 radical (unpaired) electrons. The van der Waals surface area contributed by atoms with Crippen molar-refractivity contribution in [3.05, 3.63) is 12.2 Å². The van der Waals surface area contributed by atoms with Crippen molar-refractivity contribution < 1.29 is 5.11 Å². The van der Waals surface area contributed by atoms with E-state index in [4.69, 9.17) is 5.11 Å². The lowest BCUT2D eigenvalue weighted by molar-refractivity contribution is 0.177. The molecule has 1 unspecified atom stereocenters. The fourth-order valence-electron chi connectivity index (χ4n) is 3.70. The van der Waals surface area contributed by atoms with E-state index in [9.17, 15) is 0 Å². The molecule has 0 bridgehead atoms. The van der Waals surface area contributed by atoms with E-state index in [0.717, 1.165) is 25.9 Å². The second-order valence-corrected chi connectivity index (χ2v) is 7.76. The van der Waals surface area contributed by atoms with Gasteiger partial charge in [-0.2, -0.15) is 0 Å². The molecular weight excluding hydrogens is 320 g/mol. The van der Waals surface area contributed by atoms with E-state index in [1.54, 1.807) is 0 Å². The number of allylic oxidation sites excluding steroid dienone is 2. The number of hydrogen-bond donors (Lipinski definition) is 1. The second kappa shape index (κ2) is 17.7. The average molecular weight is 365 g/mol. The van der Waals surface area contributed by atoms with Crippen LogP contribution >= 0.6 is 0 Å². The quantitative estimate of drug-likeness (QED) is 0.235. The van der Waals surface area contributed by atoms with Crippen LogP contribution in [-0.2, 0) is 0 Å². The molecule has 1 rings (SSSR count). The summed E-state index contributed by atoms with van der Waals surface area (Å²) in [4.78, 5) is 6.77. The van der Waals surface area contributed by atoms with Gasteiger partial charge in [-0.15, -0.1) is 0 Å². The minimum absolute atomic E-state index is 0.235. The molecule has 0 spiro atoms. The van der Waals surface area contributed by atoms with E-state index < -0.39 is 0 Å². The van der Waals surface area contributed by atoms with Crippen LogP contribution in [0, 0.1) is 0 Å². The molecule has 3 nitrogen and oxygen atoms in total. The maximum Gasteiger partial charge on any atom is 0.102 e. The van der Waals surface area contributed by atoms with Crippen molar-refractivity contribution in [3.63, 3.8) is 0 Å². The fourth-order valence-corrected chi connectivity index (χ4v) is 3.70. The Bertz CT molecular complexity index is 354. The molecule has 1 aliphatic heterocycles. The summed E-state index contributed by atoms with van der Waals surface area (Å²) < 4.78 is 0. The van der Waals surface area contributed by atoms with Gasteiger partial charge in [0.25, 0.3) is 0 Å². The zero-order chi connectivity index (χ0) is 18.7. The van der Waals surface area contributed by atoms with E-state index in [1.807, 2.05) is 6.21 Å². The summed E-state index contributed by atoms with van der Waals surface area (Å²) in [6.07, 6.45) is 27.3. The lowest BCUT2D eigenvalue weighted by Gasteiger charge is -2.21. The minimum atomic E-state index is 0.235. The standard InChI is InChI=1S/C23H44N2O/c1-2-3-4-5-6-7-8-9-10-11-12-13-14-15-16-17-18-23-24-19-20-25(23)21-22-26/h14-15,19,23,26H,2-13,16-18,20-22H2,1H3/b15-14+. The van der Waals surface area contributed by atoms with Gasteiger partial charge in [-0.25, -0.2) is 0 Å². The molecule has 26 heavy (non-hydrogen) atoms. The Morgan fingerprint density at radius 3 is 2.08 bits per heavy atom. The van der Waals surface area contributed by atoms with Crippen LogP contribution in [0.25, 0.3) is 0 Å². The summed E-state index contributed by atoms with van der Waals surface area (Å²) in [6.45, 7) is 4.17. The molecule has 3 heteroatoms. The second-order valence-electron chi connectivity index (χ2n) is 7.76. The third-order valence-electron chi connectivity index (χ3n) is 5.38. The minimum Gasteiger partial charge on any atom is -0.395 e. The predicted octanol–water partition coefficient (Wildman–Crippen LogP) is 6.12. The summed E-state index contributed by atoms with van der Waals surface area (Å²) >= 11 is 0. The SMILES string of the molecule is CCCCCCCCCCCCC/C=C/CCCC1N=CCN1CCO. The Balaban J connectivity index is 1.80. The van der Waals surface area contributed by atoms with Crippen LogP contribution in [0.15, 0.2) is 17.1 Å². The summed E-state index contributed by atoms with van der Waals surface area (Å²) in [5.74, 6) is 0. The Morgan fingerprint density at radius 1 is 0.885 bits per heavy atom. The first kappa shape index (κ1) is 23.4. The van der Waals surface area contributed by atoms with Crippen LogP contribution in [0.3, 0.4) is 0 Å². The highest BCUT2D eigenvalue weighted by Crippen LogP contribution is 2.14. The molecule has 0 aromatic carbocycles. The Morgan fingerprint density at radius 2 is 1.46 bits per heavy atom. The molecule has 0 saturated carbocycles. The first-order valence-corrected chi connectivity index (χ1v) is 11.4. The van der Waals surface area contributed by atoms with E-state index in [-0.39, 0.29) is 6.61 Å². The zero-order valence-electron chi connectivity index (χ0n) is 17.4. The van der Waals surface area contributed by atoms with Crippen LogP contribution < -0.4 is 0 Å². The molecular formula is C23H44N2O. The van der Waals surface area contributed by atoms with Crippen LogP contribution in [0.1, 0.15) is 103 Å². The number of rotatable bonds is 18. The molecule has 0 aromatic rings. The van der Waals surface area contributed by atoms with E-state index >= 15 is 0 Å². The molecule has 0 saturated heterocycles. The third kappa shape index (κ3) is 12.6. The number of aliphatic imine (C=N–C) groups is 1. The number of hydrogen-bond acceptors (Lipinski definition) is 3. The van der Waals surface area contributed by atoms with Gasteiger partial charge in [-0.05, 0) is 32.1 Å². The molecule has 1 atom stereocenters. The van der Waals surface area contributed by atoms with Crippen molar-refractivity contribution in [2.45, 2.75) is 109 Å². The lowest BCUT2D eigenvalue weighted by Crippen LogP contribution is -2.32. The molecule has 0 fully saturated rings. The summed E-state index contributed by atoms with van der Waals surface area (Å²) in [6, 6.07) is 0. The number of aliphatic hydroxyl groups is 1. The number of nitrogens with zero attached hydrogens (tertiary/aromatic N) is 2. The Hall–Kier alpha value is -0.670. The van der Waals surface area contributed by atoms with Gasteiger partial charge in [0, 0.05) is 19.3 Å². The fraction of sp³-hybridized carbons (Fsp3) is 0.870. The van der Waals surface area contributed by atoms with Gasteiger partial charge >= 0.3 is 0 Å². The van der Waals surface area contributed by atoms with Crippen molar-refractivity contribution >= 4 is 6.21 Å². The largest absolute Gasteiger partial charge is 0.395 e. The summed E-state index contributed by atoms with van der Waals surface area (Å²) in [5, 5.41) is 9.05. The zero-order valence-corrected chi connectivity index (χ0v) is 17.4. The van der Waals surface area contributed by atoms with Gasteiger partial charge in [0.15, 0.2) is 0 Å². The van der Waals surface area contributed by atoms with Gasteiger partial charge in [-0.1, -0.05) is 83.3 Å². The van der Waals surface area contributed by atoms with Gasteiger partial charge in [0.1, 0.15) is 6.17 Å². The number of aliphatic hydroxyl groups excluding tert-OH is 1. The molecule has 1 heterocycles. The van der Waals surface area contributed by atoms with Crippen molar-refractivity contribution in [2.75, 3.05) is 19.7 Å². The molecule has 1 N–H and O–H groups in total. The smallest absolute Gasteiger partial charge is 0.102 e. The van der Waals surface area contributed by atoms with E-state index in [0.29, 0.717) is 6.17 Å². The molecule has 0 aromatic heterocycles. The van der Waals surface area contributed by atoms with E-state index in [2.05, 4.69) is 29.0 Å². The van der Waals surface area contributed by atoms with Gasteiger partial charge in [0.2, 0.25) is 0 Å². The van der Waals surface area contributed by atoms with Crippen LogP contribution in [-0.4, -0.2) is 42.1 Å². The maximum atomic E-state index is 9.05. The topological polar surface area (TPSA) is 35.8 Å². The van der Waals surface area contributed by atoms with Crippen LogP contribution in [0.2, 0.25) is 0 Å². The van der Waals surface area contributed by atoms with E-state index in [1.165, 1.54) is 83.5 Å². The predicted molar refractivity (Wildman–Crippen MR) is 115 cm³/mol. The molecule has 1 aliphatic rings. The van der Waals surface area contributed by atoms with Gasteiger partial charge in [-0.3, -0.25) is 9.89 Å². The van der Waals surface area contributed by atoms with Gasteiger partial charge < -0.3 is 5.11 Å².